The highest BCUT2D eigenvalue weighted by molar-refractivity contribution is 4.82. The summed E-state index contributed by atoms with van der Waals surface area (Å²) >= 11 is 0. The zero-order valence-corrected chi connectivity index (χ0v) is 8.96. The summed E-state index contributed by atoms with van der Waals surface area (Å²) in [6, 6.07) is 0. The van der Waals surface area contributed by atoms with Crippen molar-refractivity contribution in [2.45, 2.75) is 33.1 Å². The molecule has 0 aromatic carbocycles. The van der Waals surface area contributed by atoms with Crippen molar-refractivity contribution in [1.29, 1.82) is 0 Å². The molecule has 0 aliphatic rings. The van der Waals surface area contributed by atoms with Crippen molar-refractivity contribution in [2.75, 3.05) is 13.2 Å². The zero-order valence-electron chi connectivity index (χ0n) is 8.96. The Hall–Kier alpha value is -0.560. The van der Waals surface area contributed by atoms with E-state index < -0.39 is 0 Å². The van der Waals surface area contributed by atoms with Crippen molar-refractivity contribution in [3.8, 4) is 0 Å². The Balaban J connectivity index is 3.07. The molecule has 0 heterocycles. The molecule has 0 radical (unpaired) electrons. The quantitative estimate of drug-likeness (QED) is 0.412. The highest BCUT2D eigenvalue weighted by atomic mass is 16.5. The zero-order chi connectivity index (χ0) is 9.94. The lowest BCUT2D eigenvalue weighted by molar-refractivity contribution is 0.134. The molecule has 13 heavy (non-hydrogen) atoms. The van der Waals surface area contributed by atoms with Gasteiger partial charge in [-0.25, -0.2) is 0 Å². The van der Waals surface area contributed by atoms with Crippen LogP contribution >= 0.6 is 0 Å². The van der Waals surface area contributed by atoms with Gasteiger partial charge in [0.2, 0.25) is 0 Å². The molecule has 0 saturated carbocycles. The molecule has 76 valence electrons. The molecule has 0 aliphatic heterocycles. The summed E-state index contributed by atoms with van der Waals surface area (Å²) < 4.78 is 5.39. The number of hydrogen-bond donors (Lipinski definition) is 0. The summed E-state index contributed by atoms with van der Waals surface area (Å²) in [7, 11) is 0. The van der Waals surface area contributed by atoms with Gasteiger partial charge in [0, 0.05) is 6.61 Å². The standard InChI is InChI=1S/C12H22O/c1-4-5-6-7-8-9-10-13-11-12(2)3/h4,8-9,12H,1,5-7,10-11H2,2-3H3/b9-8+. The van der Waals surface area contributed by atoms with Gasteiger partial charge < -0.3 is 4.74 Å². The smallest absolute Gasteiger partial charge is 0.0647 e. The van der Waals surface area contributed by atoms with Crippen LogP contribution in [0.1, 0.15) is 33.1 Å². The van der Waals surface area contributed by atoms with Gasteiger partial charge in [-0.1, -0.05) is 32.1 Å². The van der Waals surface area contributed by atoms with E-state index in [0.29, 0.717) is 5.92 Å². The first-order valence-corrected chi connectivity index (χ1v) is 5.11. The summed E-state index contributed by atoms with van der Waals surface area (Å²) in [6.07, 6.45) is 9.69. The van der Waals surface area contributed by atoms with Crippen molar-refractivity contribution >= 4 is 0 Å². The van der Waals surface area contributed by atoms with Crippen molar-refractivity contribution in [2.24, 2.45) is 5.92 Å². The minimum absolute atomic E-state index is 0.633. The third-order valence-corrected chi connectivity index (χ3v) is 1.61. The van der Waals surface area contributed by atoms with E-state index >= 15 is 0 Å². The van der Waals surface area contributed by atoms with Crippen LogP contribution in [0.3, 0.4) is 0 Å². The third kappa shape index (κ3) is 11.4. The fourth-order valence-electron chi connectivity index (χ4n) is 0.938. The minimum Gasteiger partial charge on any atom is -0.377 e. The summed E-state index contributed by atoms with van der Waals surface area (Å²) in [5.74, 6) is 0.633. The maximum absolute atomic E-state index is 5.39. The molecule has 0 unspecified atom stereocenters. The molecule has 0 fully saturated rings. The summed E-state index contributed by atoms with van der Waals surface area (Å²) in [5.41, 5.74) is 0. The number of unbranched alkanes of at least 4 members (excludes halogenated alkanes) is 2. The van der Waals surface area contributed by atoms with Crippen LogP contribution in [-0.4, -0.2) is 13.2 Å². The molecule has 0 aromatic heterocycles. The fourth-order valence-corrected chi connectivity index (χ4v) is 0.938. The average molecular weight is 182 g/mol. The van der Waals surface area contributed by atoms with Crippen molar-refractivity contribution in [1.82, 2.24) is 0 Å². The summed E-state index contributed by atoms with van der Waals surface area (Å²) in [5, 5.41) is 0. The van der Waals surface area contributed by atoms with Crippen LogP contribution in [-0.2, 0) is 4.74 Å². The average Bonchev–Trinajstić information content (AvgIpc) is 2.09. The Morgan fingerprint density at radius 2 is 2.00 bits per heavy atom. The van der Waals surface area contributed by atoms with Crippen LogP contribution in [0.5, 0.6) is 0 Å². The van der Waals surface area contributed by atoms with Crippen LogP contribution in [0.2, 0.25) is 0 Å². The van der Waals surface area contributed by atoms with Gasteiger partial charge in [0.25, 0.3) is 0 Å². The molecule has 0 atom stereocenters. The van der Waals surface area contributed by atoms with Gasteiger partial charge in [0.05, 0.1) is 6.61 Å². The number of rotatable bonds is 8. The van der Waals surface area contributed by atoms with Crippen molar-refractivity contribution in [3.63, 3.8) is 0 Å². The minimum atomic E-state index is 0.633. The van der Waals surface area contributed by atoms with E-state index in [1.54, 1.807) is 0 Å². The molecule has 0 spiro atoms. The van der Waals surface area contributed by atoms with E-state index in [0.717, 1.165) is 26.1 Å². The SMILES string of the molecule is C=CCCC/C=C/COCC(C)C. The molecule has 0 aliphatic carbocycles. The second-order valence-electron chi connectivity index (χ2n) is 3.62. The lowest BCUT2D eigenvalue weighted by Crippen LogP contribution is -2.01. The van der Waals surface area contributed by atoms with Gasteiger partial charge in [0.1, 0.15) is 0 Å². The molecule has 0 N–H and O–H groups in total. The molecule has 0 saturated heterocycles. The predicted octanol–water partition coefficient (Wildman–Crippen LogP) is 3.57. The van der Waals surface area contributed by atoms with Crippen molar-refractivity contribution < 1.29 is 4.74 Å². The predicted molar refractivity (Wildman–Crippen MR) is 58.8 cm³/mol. The van der Waals surface area contributed by atoms with Crippen LogP contribution in [0.15, 0.2) is 24.8 Å². The number of ether oxygens (including phenoxy) is 1. The van der Waals surface area contributed by atoms with Gasteiger partial charge in [-0.2, -0.15) is 0 Å². The van der Waals surface area contributed by atoms with E-state index in [4.69, 9.17) is 4.74 Å². The molecular formula is C12H22O. The molecule has 0 bridgehead atoms. The molecule has 1 nitrogen and oxygen atoms in total. The van der Waals surface area contributed by atoms with Gasteiger partial charge >= 0.3 is 0 Å². The Morgan fingerprint density at radius 1 is 1.23 bits per heavy atom. The molecule has 0 rings (SSSR count). The molecular weight excluding hydrogens is 160 g/mol. The Morgan fingerprint density at radius 3 is 2.62 bits per heavy atom. The lowest BCUT2D eigenvalue weighted by Gasteiger charge is -2.02. The number of allylic oxidation sites excluding steroid dienone is 2. The van der Waals surface area contributed by atoms with E-state index in [1.807, 2.05) is 6.08 Å². The Bertz CT molecular complexity index is 136. The largest absolute Gasteiger partial charge is 0.377 e. The first kappa shape index (κ1) is 12.4. The van der Waals surface area contributed by atoms with E-state index in [-0.39, 0.29) is 0 Å². The van der Waals surface area contributed by atoms with Gasteiger partial charge in [-0.3, -0.25) is 0 Å². The maximum atomic E-state index is 5.39. The molecule has 1 heteroatoms. The maximum Gasteiger partial charge on any atom is 0.0647 e. The van der Waals surface area contributed by atoms with E-state index in [9.17, 15) is 0 Å². The van der Waals surface area contributed by atoms with E-state index in [2.05, 4.69) is 32.6 Å². The highest BCUT2D eigenvalue weighted by Gasteiger charge is 1.90. The van der Waals surface area contributed by atoms with Crippen molar-refractivity contribution in [3.05, 3.63) is 24.8 Å². The summed E-state index contributed by atoms with van der Waals surface area (Å²) in [6.45, 7) is 9.61. The monoisotopic (exact) mass is 182 g/mol. The number of hydrogen-bond acceptors (Lipinski definition) is 1. The fraction of sp³-hybridized carbons (Fsp3) is 0.667. The van der Waals surface area contributed by atoms with Gasteiger partial charge in [-0.05, 0) is 25.2 Å². The van der Waals surface area contributed by atoms with Crippen LogP contribution in [0.25, 0.3) is 0 Å². The molecule has 0 amide bonds. The first-order chi connectivity index (χ1) is 6.27. The molecule has 0 aromatic rings. The third-order valence-electron chi connectivity index (χ3n) is 1.61. The van der Waals surface area contributed by atoms with Crippen LogP contribution in [0.4, 0.5) is 0 Å². The van der Waals surface area contributed by atoms with Crippen LogP contribution < -0.4 is 0 Å². The van der Waals surface area contributed by atoms with Gasteiger partial charge in [-0.15, -0.1) is 6.58 Å². The second-order valence-corrected chi connectivity index (χ2v) is 3.62. The second kappa shape index (κ2) is 9.53. The Kier molecular flexibility index (Phi) is 9.12. The lowest BCUT2D eigenvalue weighted by atomic mass is 10.2. The van der Waals surface area contributed by atoms with Gasteiger partial charge in [0.15, 0.2) is 0 Å². The van der Waals surface area contributed by atoms with Crippen LogP contribution in [0, 0.1) is 5.92 Å². The summed E-state index contributed by atoms with van der Waals surface area (Å²) in [4.78, 5) is 0. The topological polar surface area (TPSA) is 9.23 Å². The highest BCUT2D eigenvalue weighted by Crippen LogP contribution is 1.97. The Labute approximate surface area is 82.5 Å². The first-order valence-electron chi connectivity index (χ1n) is 5.11. The normalized spacial score (nSPS) is 11.3. The van der Waals surface area contributed by atoms with E-state index in [1.165, 1.54) is 6.42 Å².